The van der Waals surface area contributed by atoms with E-state index in [1.54, 1.807) is 18.2 Å². The molecule has 0 saturated carbocycles. The number of aliphatic hydroxyl groups excluding tert-OH is 1. The van der Waals surface area contributed by atoms with E-state index in [1.807, 2.05) is 0 Å². The molecule has 0 heterocycles. The molecule has 0 bridgehead atoms. The summed E-state index contributed by atoms with van der Waals surface area (Å²) in [5, 5.41) is 13.2. The minimum absolute atomic E-state index is 0.0578. The fourth-order valence-electron chi connectivity index (χ4n) is 1.36. The van der Waals surface area contributed by atoms with Gasteiger partial charge in [-0.1, -0.05) is 29.3 Å². The van der Waals surface area contributed by atoms with Gasteiger partial charge in [-0.05, 0) is 12.1 Å². The van der Waals surface area contributed by atoms with Gasteiger partial charge in [-0.15, -0.1) is 0 Å². The van der Waals surface area contributed by atoms with Crippen molar-refractivity contribution in [3.8, 4) is 0 Å². The van der Waals surface area contributed by atoms with E-state index in [0.29, 0.717) is 15.6 Å². The molecule has 0 fully saturated rings. The van der Waals surface area contributed by atoms with Crippen molar-refractivity contribution in [2.75, 3.05) is 13.1 Å². The standard InChI is InChI=1S/C11H14Cl2N2O2/c12-7-2-1-3-8(13)11(7)9(16)6-15-10(17)4-5-14/h1-3,9,16H,4-6,14H2,(H,15,17). The molecule has 0 aliphatic carbocycles. The van der Waals surface area contributed by atoms with Crippen LogP contribution in [0.15, 0.2) is 18.2 Å². The third kappa shape index (κ3) is 4.16. The van der Waals surface area contributed by atoms with Gasteiger partial charge in [0.15, 0.2) is 0 Å². The molecule has 1 atom stereocenters. The van der Waals surface area contributed by atoms with Crippen LogP contribution in [0.5, 0.6) is 0 Å². The number of amides is 1. The minimum atomic E-state index is -0.932. The van der Waals surface area contributed by atoms with Gasteiger partial charge < -0.3 is 16.2 Å². The molecular weight excluding hydrogens is 263 g/mol. The van der Waals surface area contributed by atoms with Crippen LogP contribution in [0.4, 0.5) is 0 Å². The van der Waals surface area contributed by atoms with Gasteiger partial charge in [0.25, 0.3) is 0 Å². The lowest BCUT2D eigenvalue weighted by molar-refractivity contribution is -0.121. The Bertz CT molecular complexity index is 379. The summed E-state index contributed by atoms with van der Waals surface area (Å²) in [6.45, 7) is 0.330. The third-order valence-electron chi connectivity index (χ3n) is 2.20. The van der Waals surface area contributed by atoms with Crippen molar-refractivity contribution >= 4 is 29.1 Å². The summed E-state index contributed by atoms with van der Waals surface area (Å²) in [5.41, 5.74) is 5.65. The number of benzene rings is 1. The summed E-state index contributed by atoms with van der Waals surface area (Å²) in [7, 11) is 0. The average Bonchev–Trinajstić information content (AvgIpc) is 2.26. The highest BCUT2D eigenvalue weighted by Gasteiger charge is 2.15. The van der Waals surface area contributed by atoms with Crippen LogP contribution >= 0.6 is 23.2 Å². The summed E-state index contributed by atoms with van der Waals surface area (Å²) >= 11 is 11.8. The van der Waals surface area contributed by atoms with Crippen molar-refractivity contribution in [1.82, 2.24) is 5.32 Å². The van der Waals surface area contributed by atoms with Crippen LogP contribution < -0.4 is 11.1 Å². The SMILES string of the molecule is NCCC(=O)NCC(O)c1c(Cl)cccc1Cl. The molecule has 1 amide bonds. The Balaban J connectivity index is 2.64. The topological polar surface area (TPSA) is 75.4 Å². The zero-order valence-electron chi connectivity index (χ0n) is 9.12. The predicted molar refractivity (Wildman–Crippen MR) is 68.1 cm³/mol. The molecular formula is C11H14Cl2N2O2. The quantitative estimate of drug-likeness (QED) is 0.763. The number of hydrogen-bond acceptors (Lipinski definition) is 3. The van der Waals surface area contributed by atoms with Gasteiger partial charge >= 0.3 is 0 Å². The van der Waals surface area contributed by atoms with E-state index in [9.17, 15) is 9.90 Å². The Labute approximate surface area is 110 Å². The Hall–Kier alpha value is -0.810. The number of halogens is 2. The van der Waals surface area contributed by atoms with E-state index in [-0.39, 0.29) is 25.4 Å². The van der Waals surface area contributed by atoms with E-state index in [0.717, 1.165) is 0 Å². The number of carbonyl (C=O) groups excluding carboxylic acids is 1. The molecule has 6 heteroatoms. The lowest BCUT2D eigenvalue weighted by atomic mass is 10.1. The largest absolute Gasteiger partial charge is 0.386 e. The fraction of sp³-hybridized carbons (Fsp3) is 0.364. The van der Waals surface area contributed by atoms with Crippen LogP contribution in [0.25, 0.3) is 0 Å². The zero-order valence-corrected chi connectivity index (χ0v) is 10.6. The van der Waals surface area contributed by atoms with Gasteiger partial charge in [-0.25, -0.2) is 0 Å². The Morgan fingerprint density at radius 1 is 1.41 bits per heavy atom. The van der Waals surface area contributed by atoms with E-state index >= 15 is 0 Å². The first-order valence-electron chi connectivity index (χ1n) is 5.15. The first-order chi connectivity index (χ1) is 8.06. The first-order valence-corrected chi connectivity index (χ1v) is 5.90. The smallest absolute Gasteiger partial charge is 0.221 e. The summed E-state index contributed by atoms with van der Waals surface area (Å²) in [4.78, 5) is 11.2. The highest BCUT2D eigenvalue weighted by molar-refractivity contribution is 6.36. The highest BCUT2D eigenvalue weighted by atomic mass is 35.5. The van der Waals surface area contributed by atoms with Gasteiger partial charge in [-0.3, -0.25) is 4.79 Å². The summed E-state index contributed by atoms with van der Waals surface area (Å²) in [5.74, 6) is -0.213. The lowest BCUT2D eigenvalue weighted by Gasteiger charge is -2.15. The average molecular weight is 277 g/mol. The molecule has 17 heavy (non-hydrogen) atoms. The normalized spacial score (nSPS) is 12.2. The minimum Gasteiger partial charge on any atom is -0.386 e. The summed E-state index contributed by atoms with van der Waals surface area (Å²) < 4.78 is 0. The van der Waals surface area contributed by atoms with Gasteiger partial charge in [0, 0.05) is 35.1 Å². The second-order valence-corrected chi connectivity index (χ2v) is 4.31. The Morgan fingerprint density at radius 2 is 2.00 bits per heavy atom. The molecule has 0 radical (unpaired) electrons. The van der Waals surface area contributed by atoms with Gasteiger partial charge in [0.05, 0.1) is 6.10 Å². The molecule has 94 valence electrons. The molecule has 1 rings (SSSR count). The molecule has 0 saturated heterocycles. The predicted octanol–water partition coefficient (Wildman–Crippen LogP) is 1.49. The van der Waals surface area contributed by atoms with E-state index in [2.05, 4.69) is 5.32 Å². The molecule has 0 spiro atoms. The van der Waals surface area contributed by atoms with Gasteiger partial charge in [0.1, 0.15) is 0 Å². The molecule has 1 unspecified atom stereocenters. The number of aliphatic hydroxyl groups is 1. The highest BCUT2D eigenvalue weighted by Crippen LogP contribution is 2.29. The molecule has 0 aliphatic rings. The van der Waals surface area contributed by atoms with E-state index < -0.39 is 6.10 Å². The zero-order chi connectivity index (χ0) is 12.8. The summed E-state index contributed by atoms with van der Waals surface area (Å²) in [6, 6.07) is 4.95. The van der Waals surface area contributed by atoms with Crippen LogP contribution in [0.2, 0.25) is 10.0 Å². The van der Waals surface area contributed by atoms with Gasteiger partial charge in [-0.2, -0.15) is 0 Å². The molecule has 0 aromatic heterocycles. The number of hydrogen-bond donors (Lipinski definition) is 3. The molecule has 0 aliphatic heterocycles. The number of carbonyl (C=O) groups is 1. The second kappa shape index (κ2) is 6.81. The van der Waals surface area contributed by atoms with Crippen molar-refractivity contribution in [3.05, 3.63) is 33.8 Å². The molecule has 1 aromatic rings. The van der Waals surface area contributed by atoms with E-state index in [4.69, 9.17) is 28.9 Å². The van der Waals surface area contributed by atoms with Crippen molar-refractivity contribution < 1.29 is 9.90 Å². The molecule has 1 aromatic carbocycles. The van der Waals surface area contributed by atoms with Crippen LogP contribution in [0, 0.1) is 0 Å². The maximum atomic E-state index is 11.2. The van der Waals surface area contributed by atoms with Crippen LogP contribution in [-0.4, -0.2) is 24.1 Å². The lowest BCUT2D eigenvalue weighted by Crippen LogP contribution is -2.30. The Morgan fingerprint density at radius 3 is 2.53 bits per heavy atom. The molecule has 4 nitrogen and oxygen atoms in total. The van der Waals surface area contributed by atoms with Crippen LogP contribution in [0.3, 0.4) is 0 Å². The second-order valence-electron chi connectivity index (χ2n) is 3.49. The maximum absolute atomic E-state index is 11.2. The van der Waals surface area contributed by atoms with Crippen LogP contribution in [-0.2, 0) is 4.79 Å². The van der Waals surface area contributed by atoms with Crippen molar-refractivity contribution in [3.63, 3.8) is 0 Å². The number of nitrogens with two attached hydrogens (primary N) is 1. The summed E-state index contributed by atoms with van der Waals surface area (Å²) in [6.07, 6.45) is -0.707. The van der Waals surface area contributed by atoms with Gasteiger partial charge in [0.2, 0.25) is 5.91 Å². The van der Waals surface area contributed by atoms with Crippen molar-refractivity contribution in [2.24, 2.45) is 5.73 Å². The fourth-order valence-corrected chi connectivity index (χ4v) is 2.01. The number of rotatable bonds is 5. The molecule has 4 N–H and O–H groups in total. The number of nitrogens with one attached hydrogen (secondary N) is 1. The van der Waals surface area contributed by atoms with Crippen molar-refractivity contribution in [2.45, 2.75) is 12.5 Å². The van der Waals surface area contributed by atoms with E-state index in [1.165, 1.54) is 0 Å². The van der Waals surface area contributed by atoms with Crippen molar-refractivity contribution in [1.29, 1.82) is 0 Å². The van der Waals surface area contributed by atoms with Crippen LogP contribution in [0.1, 0.15) is 18.1 Å². The maximum Gasteiger partial charge on any atom is 0.221 e. The first kappa shape index (κ1) is 14.3. The third-order valence-corrected chi connectivity index (χ3v) is 2.86. The Kier molecular flexibility index (Phi) is 5.71. The monoisotopic (exact) mass is 276 g/mol.